The summed E-state index contributed by atoms with van der Waals surface area (Å²) >= 11 is 0. The van der Waals surface area contributed by atoms with E-state index in [9.17, 15) is 8.42 Å². The van der Waals surface area contributed by atoms with Crippen molar-refractivity contribution in [3.8, 4) is 11.5 Å². The fourth-order valence-electron chi connectivity index (χ4n) is 4.69. The molecule has 2 heterocycles. The highest BCUT2D eigenvalue weighted by Crippen LogP contribution is 2.70. The van der Waals surface area contributed by atoms with E-state index in [1.807, 2.05) is 78.9 Å². The first-order valence-electron chi connectivity index (χ1n) is 13.0. The van der Waals surface area contributed by atoms with Crippen molar-refractivity contribution in [2.24, 2.45) is 0 Å². The number of hydrogen-bond acceptors (Lipinski definition) is 7. The van der Waals surface area contributed by atoms with E-state index in [4.69, 9.17) is 22.6 Å². The van der Waals surface area contributed by atoms with Crippen LogP contribution in [0.1, 0.15) is 38.5 Å². The molecule has 0 aromatic heterocycles. The highest BCUT2D eigenvalue weighted by molar-refractivity contribution is 8.33. The van der Waals surface area contributed by atoms with Gasteiger partial charge in [-0.2, -0.15) is 8.42 Å². The fraction of sp³-hybridized carbons (Fsp3) is 0.379. The van der Waals surface area contributed by atoms with Gasteiger partial charge in [-0.3, -0.25) is 0 Å². The molecule has 7 nitrogen and oxygen atoms in total. The summed E-state index contributed by atoms with van der Waals surface area (Å²) in [7, 11) is -6.65. The summed E-state index contributed by atoms with van der Waals surface area (Å²) in [6.07, 6.45) is 6.17. The average molecular weight is 559 g/mol. The summed E-state index contributed by atoms with van der Waals surface area (Å²) in [6.45, 7) is 1.33. The van der Waals surface area contributed by atoms with Crippen molar-refractivity contribution in [2.45, 2.75) is 65.8 Å². The number of benzene rings is 3. The van der Waals surface area contributed by atoms with Gasteiger partial charge < -0.3 is 18.9 Å². The van der Waals surface area contributed by atoms with Crippen molar-refractivity contribution >= 4 is 20.4 Å². The van der Waals surface area contributed by atoms with E-state index in [1.165, 1.54) is 0 Å². The predicted molar refractivity (Wildman–Crippen MR) is 146 cm³/mol. The molecule has 2 aliphatic heterocycles. The van der Waals surface area contributed by atoms with Crippen LogP contribution in [-0.4, -0.2) is 40.5 Å². The van der Waals surface area contributed by atoms with Gasteiger partial charge in [0.25, 0.3) is 10.1 Å². The van der Waals surface area contributed by atoms with Crippen LogP contribution >= 0.6 is 10.3 Å². The van der Waals surface area contributed by atoms with Crippen molar-refractivity contribution in [1.82, 2.24) is 0 Å². The number of rotatable bonds is 9. The summed E-state index contributed by atoms with van der Waals surface area (Å²) < 4.78 is 55.8. The third kappa shape index (κ3) is 6.52. The first kappa shape index (κ1) is 27.0. The van der Waals surface area contributed by atoms with Gasteiger partial charge in [0.1, 0.15) is 11.5 Å². The topological polar surface area (TPSA) is 80.3 Å². The van der Waals surface area contributed by atoms with Gasteiger partial charge in [0.05, 0.1) is 19.5 Å². The SMILES string of the molecule is CS(=O)(=O)OS(c1ccccc1)(c1cccc(OC2CCCCO2)c1)c1cccc(OC2CCCCO2)c1. The summed E-state index contributed by atoms with van der Waals surface area (Å²) in [4.78, 5) is 2.12. The lowest BCUT2D eigenvalue weighted by Crippen LogP contribution is -2.25. The van der Waals surface area contributed by atoms with Crippen molar-refractivity contribution in [3.05, 3.63) is 78.9 Å². The molecule has 3 aromatic carbocycles. The third-order valence-corrected chi connectivity index (χ3v) is 11.0. The molecule has 0 radical (unpaired) electrons. The van der Waals surface area contributed by atoms with Crippen molar-refractivity contribution in [2.75, 3.05) is 19.5 Å². The average Bonchev–Trinajstić information content (AvgIpc) is 2.93. The Balaban J connectivity index is 1.61. The highest BCUT2D eigenvalue weighted by atomic mass is 32.3. The van der Waals surface area contributed by atoms with Gasteiger partial charge in [-0.25, -0.2) is 3.63 Å². The molecule has 204 valence electrons. The summed E-state index contributed by atoms with van der Waals surface area (Å²) in [5.41, 5.74) is 0. The lowest BCUT2D eigenvalue weighted by Gasteiger charge is -2.39. The highest BCUT2D eigenvalue weighted by Gasteiger charge is 2.37. The van der Waals surface area contributed by atoms with Gasteiger partial charge in [0, 0.05) is 27.5 Å². The zero-order valence-corrected chi connectivity index (χ0v) is 23.1. The Labute approximate surface area is 226 Å². The lowest BCUT2D eigenvalue weighted by atomic mass is 10.2. The van der Waals surface area contributed by atoms with Crippen LogP contribution in [0.5, 0.6) is 11.5 Å². The van der Waals surface area contributed by atoms with Crippen molar-refractivity contribution in [1.29, 1.82) is 0 Å². The standard InChI is InChI=1S/C29H34O7S2/c1-37(30,31)36-38(25-13-3-2-4-14-25,26-15-9-11-23(21-26)34-28-17-5-7-19-32-28)27-16-10-12-24(22-27)35-29-18-6-8-20-33-29/h2-4,9-16,21-22,28-29H,5-8,17-20H2,1H3. The van der Waals surface area contributed by atoms with Crippen molar-refractivity contribution in [3.63, 3.8) is 0 Å². The first-order chi connectivity index (χ1) is 18.4. The van der Waals surface area contributed by atoms with Gasteiger partial charge in [-0.15, -0.1) is 0 Å². The zero-order valence-electron chi connectivity index (χ0n) is 21.5. The molecule has 38 heavy (non-hydrogen) atoms. The Hall–Kier alpha value is -2.56. The third-order valence-electron chi connectivity index (χ3n) is 6.39. The summed E-state index contributed by atoms with van der Waals surface area (Å²) in [5.74, 6) is 1.20. The van der Waals surface area contributed by atoms with Crippen LogP contribution in [0.3, 0.4) is 0 Å². The molecule has 0 aliphatic carbocycles. The maximum atomic E-state index is 12.9. The molecule has 2 aliphatic rings. The van der Waals surface area contributed by atoms with Crippen molar-refractivity contribution < 1.29 is 31.0 Å². The van der Waals surface area contributed by atoms with E-state index in [1.54, 1.807) is 0 Å². The van der Waals surface area contributed by atoms with Crippen LogP contribution < -0.4 is 9.47 Å². The largest absolute Gasteiger partial charge is 0.465 e. The van der Waals surface area contributed by atoms with Crippen LogP contribution in [0.25, 0.3) is 0 Å². The Bertz CT molecular complexity index is 1240. The monoisotopic (exact) mass is 558 g/mol. The van der Waals surface area contributed by atoms with Gasteiger partial charge in [-0.05, 0) is 84.5 Å². The molecule has 9 heteroatoms. The smallest absolute Gasteiger partial charge is 0.274 e. The molecule has 0 bridgehead atoms. The van der Waals surface area contributed by atoms with Crippen LogP contribution in [-0.2, 0) is 23.2 Å². The molecule has 2 saturated heterocycles. The molecule has 0 spiro atoms. The molecular weight excluding hydrogens is 524 g/mol. The Morgan fingerprint density at radius 1 is 0.658 bits per heavy atom. The van der Waals surface area contributed by atoms with E-state index in [-0.39, 0.29) is 12.6 Å². The van der Waals surface area contributed by atoms with E-state index < -0.39 is 20.4 Å². The second kappa shape index (κ2) is 12.1. The second-order valence-corrected chi connectivity index (χ2v) is 13.9. The summed E-state index contributed by atoms with van der Waals surface area (Å²) in [5, 5.41) is 0. The Morgan fingerprint density at radius 3 is 1.61 bits per heavy atom. The van der Waals surface area contributed by atoms with Gasteiger partial charge in [0.15, 0.2) is 12.6 Å². The van der Waals surface area contributed by atoms with Crippen LogP contribution in [0, 0.1) is 0 Å². The van der Waals surface area contributed by atoms with Gasteiger partial charge in [-0.1, -0.05) is 30.3 Å². The summed E-state index contributed by atoms with van der Waals surface area (Å²) in [6, 6.07) is 24.4. The lowest BCUT2D eigenvalue weighted by molar-refractivity contribution is -0.106. The molecular formula is C29H34O7S2. The molecule has 2 fully saturated rings. The minimum Gasteiger partial charge on any atom is -0.465 e. The molecule has 0 N–H and O–H groups in total. The normalized spacial score (nSPS) is 22.7. The molecule has 0 amide bonds. The number of ether oxygens (including phenoxy) is 4. The van der Waals surface area contributed by atoms with Gasteiger partial charge in [0.2, 0.25) is 0 Å². The van der Waals surface area contributed by atoms with Gasteiger partial charge >= 0.3 is 0 Å². The van der Waals surface area contributed by atoms with E-state index >= 15 is 0 Å². The first-order valence-corrected chi connectivity index (χ1v) is 16.4. The Morgan fingerprint density at radius 2 is 1.16 bits per heavy atom. The van der Waals surface area contributed by atoms with Crippen LogP contribution in [0.2, 0.25) is 0 Å². The van der Waals surface area contributed by atoms with E-state index in [0.29, 0.717) is 34.5 Å². The Kier molecular flexibility index (Phi) is 8.60. The fourth-order valence-corrected chi connectivity index (χ4v) is 9.58. The maximum absolute atomic E-state index is 12.9. The van der Waals surface area contributed by atoms with Crippen LogP contribution in [0.4, 0.5) is 0 Å². The molecule has 0 saturated carbocycles. The molecule has 5 rings (SSSR count). The van der Waals surface area contributed by atoms with E-state index in [0.717, 1.165) is 49.7 Å². The second-order valence-electron chi connectivity index (χ2n) is 9.42. The molecule has 2 atom stereocenters. The quantitative estimate of drug-likeness (QED) is 0.290. The van der Waals surface area contributed by atoms with Crippen LogP contribution in [0.15, 0.2) is 93.5 Å². The van der Waals surface area contributed by atoms with E-state index in [2.05, 4.69) is 0 Å². The maximum Gasteiger partial charge on any atom is 0.274 e. The number of hydrogen-bond donors (Lipinski definition) is 0. The minimum absolute atomic E-state index is 0.330. The zero-order chi connectivity index (χ0) is 26.4. The molecule has 3 aromatic rings. The minimum atomic E-state index is -3.90. The molecule has 2 unspecified atom stereocenters. The predicted octanol–water partition coefficient (Wildman–Crippen LogP) is 6.67.